The third-order valence-electron chi connectivity index (χ3n) is 2.00. The van der Waals surface area contributed by atoms with Gasteiger partial charge in [0.05, 0.1) is 5.69 Å². The fourth-order valence-corrected chi connectivity index (χ4v) is 1.43. The molecule has 2 nitrogen and oxygen atoms in total. The van der Waals surface area contributed by atoms with Crippen molar-refractivity contribution in [1.82, 2.24) is 4.57 Å². The van der Waals surface area contributed by atoms with Crippen LogP contribution in [0.2, 0.25) is 0 Å². The molecule has 1 aliphatic heterocycles. The molecular weight excluding hydrogens is 126 g/mol. The molecule has 1 unspecified atom stereocenters. The van der Waals surface area contributed by atoms with Gasteiger partial charge in [-0.15, -0.1) is 0 Å². The van der Waals surface area contributed by atoms with Crippen molar-refractivity contribution < 1.29 is 4.79 Å². The summed E-state index contributed by atoms with van der Waals surface area (Å²) < 4.78 is 2.01. The van der Waals surface area contributed by atoms with E-state index in [-0.39, 0.29) is 11.7 Å². The van der Waals surface area contributed by atoms with Crippen LogP contribution < -0.4 is 0 Å². The lowest BCUT2D eigenvalue weighted by atomic mass is 10.1. The summed E-state index contributed by atoms with van der Waals surface area (Å²) in [7, 11) is 0. The van der Waals surface area contributed by atoms with Crippen LogP contribution in [-0.4, -0.2) is 10.4 Å². The Morgan fingerprint density at radius 3 is 3.20 bits per heavy atom. The van der Waals surface area contributed by atoms with Gasteiger partial charge in [-0.3, -0.25) is 4.79 Å². The zero-order chi connectivity index (χ0) is 7.14. The molecule has 0 N–H and O–H groups in total. The van der Waals surface area contributed by atoms with Crippen molar-refractivity contribution >= 4 is 5.78 Å². The molecule has 0 fully saturated rings. The van der Waals surface area contributed by atoms with Gasteiger partial charge in [0.25, 0.3) is 0 Å². The summed E-state index contributed by atoms with van der Waals surface area (Å²) >= 11 is 0. The number of hydrogen-bond donors (Lipinski definition) is 0. The first kappa shape index (κ1) is 5.71. The first-order valence-electron chi connectivity index (χ1n) is 3.48. The molecule has 1 aliphatic rings. The average Bonchev–Trinajstić information content (AvgIpc) is 2.41. The summed E-state index contributed by atoms with van der Waals surface area (Å²) in [6.07, 6.45) is 1.96. The van der Waals surface area contributed by atoms with Crippen LogP contribution in [0.1, 0.15) is 17.4 Å². The Hall–Kier alpha value is -1.05. The molecule has 0 saturated carbocycles. The first-order chi connectivity index (χ1) is 4.79. The minimum atomic E-state index is 0.191. The topological polar surface area (TPSA) is 22.0 Å². The highest BCUT2D eigenvalue weighted by Crippen LogP contribution is 2.19. The van der Waals surface area contributed by atoms with Crippen LogP contribution in [0.15, 0.2) is 18.3 Å². The van der Waals surface area contributed by atoms with Crippen LogP contribution in [-0.2, 0) is 6.54 Å². The Morgan fingerprint density at radius 1 is 1.70 bits per heavy atom. The molecular formula is C8H9NO. The number of Topliss-reactive ketones (excluding diaryl/α,β-unsaturated/α-hetero) is 1. The van der Waals surface area contributed by atoms with Gasteiger partial charge in [0.15, 0.2) is 5.78 Å². The van der Waals surface area contributed by atoms with Gasteiger partial charge < -0.3 is 4.57 Å². The van der Waals surface area contributed by atoms with Gasteiger partial charge in [0.2, 0.25) is 0 Å². The maximum absolute atomic E-state index is 11.2. The number of rotatable bonds is 0. The van der Waals surface area contributed by atoms with E-state index in [1.807, 2.05) is 29.8 Å². The highest BCUT2D eigenvalue weighted by Gasteiger charge is 2.25. The molecule has 2 heterocycles. The number of fused-ring (bicyclic) bond motifs is 1. The average molecular weight is 135 g/mol. The van der Waals surface area contributed by atoms with Crippen molar-refractivity contribution in [3.05, 3.63) is 24.0 Å². The molecule has 2 heteroatoms. The Labute approximate surface area is 59.5 Å². The van der Waals surface area contributed by atoms with Gasteiger partial charge in [0, 0.05) is 18.7 Å². The quantitative estimate of drug-likeness (QED) is 0.526. The molecule has 10 heavy (non-hydrogen) atoms. The summed E-state index contributed by atoms with van der Waals surface area (Å²) in [5.74, 6) is 0.473. The first-order valence-corrected chi connectivity index (χ1v) is 3.48. The fourth-order valence-electron chi connectivity index (χ4n) is 1.43. The van der Waals surface area contributed by atoms with E-state index >= 15 is 0 Å². The molecule has 0 aromatic carbocycles. The predicted octanol–water partition coefficient (Wildman–Crippen LogP) is 1.32. The minimum absolute atomic E-state index is 0.191. The second-order valence-corrected chi connectivity index (χ2v) is 2.81. The monoisotopic (exact) mass is 135 g/mol. The molecule has 0 spiro atoms. The van der Waals surface area contributed by atoms with Crippen molar-refractivity contribution in [2.24, 2.45) is 5.92 Å². The smallest absolute Gasteiger partial charge is 0.183 e. The number of carbonyl (C=O) groups excluding carboxylic acids is 1. The lowest BCUT2D eigenvalue weighted by Crippen LogP contribution is -2.02. The molecule has 0 aliphatic carbocycles. The van der Waals surface area contributed by atoms with Gasteiger partial charge in [-0.25, -0.2) is 0 Å². The largest absolute Gasteiger partial charge is 0.344 e. The van der Waals surface area contributed by atoms with Crippen molar-refractivity contribution in [2.45, 2.75) is 13.5 Å². The van der Waals surface area contributed by atoms with E-state index in [0.717, 1.165) is 12.2 Å². The molecule has 1 aromatic rings. The molecule has 2 rings (SSSR count). The van der Waals surface area contributed by atoms with E-state index in [1.165, 1.54) is 0 Å². The SMILES string of the molecule is CC1Cn2cccc2C1=O. The Bertz CT molecular complexity index is 275. The van der Waals surface area contributed by atoms with Crippen LogP contribution in [0.4, 0.5) is 0 Å². The number of hydrogen-bond acceptors (Lipinski definition) is 1. The zero-order valence-electron chi connectivity index (χ0n) is 5.87. The summed E-state index contributed by atoms with van der Waals surface area (Å²) in [6.45, 7) is 2.83. The van der Waals surface area contributed by atoms with Crippen molar-refractivity contribution in [3.8, 4) is 0 Å². The molecule has 52 valence electrons. The van der Waals surface area contributed by atoms with Crippen LogP contribution in [0.3, 0.4) is 0 Å². The van der Waals surface area contributed by atoms with E-state index in [9.17, 15) is 4.79 Å². The second kappa shape index (κ2) is 1.72. The van der Waals surface area contributed by atoms with E-state index < -0.39 is 0 Å². The standard InChI is InChI=1S/C8H9NO/c1-6-5-9-4-2-3-7(9)8(6)10/h2-4,6H,5H2,1H3. The summed E-state index contributed by atoms with van der Waals surface area (Å²) in [5, 5.41) is 0. The van der Waals surface area contributed by atoms with Crippen LogP contribution in [0.5, 0.6) is 0 Å². The van der Waals surface area contributed by atoms with E-state index in [4.69, 9.17) is 0 Å². The molecule has 0 amide bonds. The van der Waals surface area contributed by atoms with E-state index in [1.54, 1.807) is 0 Å². The Kier molecular flexibility index (Phi) is 0.982. The van der Waals surface area contributed by atoms with Gasteiger partial charge in [-0.2, -0.15) is 0 Å². The molecule has 1 aromatic heterocycles. The predicted molar refractivity (Wildman–Crippen MR) is 37.9 cm³/mol. The number of ketones is 1. The molecule has 0 saturated heterocycles. The van der Waals surface area contributed by atoms with Crippen LogP contribution in [0.25, 0.3) is 0 Å². The number of carbonyl (C=O) groups is 1. The second-order valence-electron chi connectivity index (χ2n) is 2.81. The molecule has 0 radical (unpaired) electrons. The van der Waals surface area contributed by atoms with Gasteiger partial charge in [-0.05, 0) is 12.1 Å². The van der Waals surface area contributed by atoms with Gasteiger partial charge in [0.1, 0.15) is 0 Å². The number of nitrogens with zero attached hydrogens (tertiary/aromatic N) is 1. The van der Waals surface area contributed by atoms with Crippen LogP contribution >= 0.6 is 0 Å². The maximum Gasteiger partial charge on any atom is 0.183 e. The van der Waals surface area contributed by atoms with Gasteiger partial charge in [-0.1, -0.05) is 6.92 Å². The van der Waals surface area contributed by atoms with Crippen molar-refractivity contribution in [2.75, 3.05) is 0 Å². The highest BCUT2D eigenvalue weighted by atomic mass is 16.1. The minimum Gasteiger partial charge on any atom is -0.344 e. The van der Waals surface area contributed by atoms with Gasteiger partial charge >= 0.3 is 0 Å². The third kappa shape index (κ3) is 0.561. The normalized spacial score (nSPS) is 23.3. The summed E-state index contributed by atoms with van der Waals surface area (Å²) in [6, 6.07) is 3.80. The fraction of sp³-hybridized carbons (Fsp3) is 0.375. The molecule has 1 atom stereocenters. The van der Waals surface area contributed by atoms with E-state index in [2.05, 4.69) is 0 Å². The van der Waals surface area contributed by atoms with E-state index in [0.29, 0.717) is 0 Å². The van der Waals surface area contributed by atoms with Crippen molar-refractivity contribution in [1.29, 1.82) is 0 Å². The lowest BCUT2D eigenvalue weighted by Gasteiger charge is -1.94. The van der Waals surface area contributed by atoms with Crippen LogP contribution in [0, 0.1) is 5.92 Å². The lowest BCUT2D eigenvalue weighted by molar-refractivity contribution is 0.0946. The molecule has 0 bridgehead atoms. The third-order valence-corrected chi connectivity index (χ3v) is 2.00. The summed E-state index contributed by atoms with van der Waals surface area (Å²) in [4.78, 5) is 11.2. The highest BCUT2D eigenvalue weighted by molar-refractivity contribution is 5.98. The summed E-state index contributed by atoms with van der Waals surface area (Å²) in [5.41, 5.74) is 0.868. The maximum atomic E-state index is 11.2. The zero-order valence-corrected chi connectivity index (χ0v) is 5.87. The number of aromatic nitrogens is 1. The van der Waals surface area contributed by atoms with Crippen molar-refractivity contribution in [3.63, 3.8) is 0 Å². The Morgan fingerprint density at radius 2 is 2.50 bits per heavy atom. The Balaban J connectivity index is 2.53.